The second kappa shape index (κ2) is 10.4. The van der Waals surface area contributed by atoms with Crippen LogP contribution < -0.4 is 0 Å². The maximum Gasteiger partial charge on any atom is 0.147 e. The number of hydrogen-bond acceptors (Lipinski definition) is 4. The molecule has 5 heteroatoms. The van der Waals surface area contributed by atoms with Crippen molar-refractivity contribution in [2.75, 3.05) is 19.0 Å². The smallest absolute Gasteiger partial charge is 0.147 e. The lowest BCUT2D eigenvalue weighted by Gasteiger charge is -2.46. The molecule has 5 rings (SSSR count). The molecule has 0 bridgehead atoms. The molecule has 3 nitrogen and oxygen atoms in total. The number of benzene rings is 1. The average Bonchev–Trinajstić information content (AvgIpc) is 3.63. The summed E-state index contributed by atoms with van der Waals surface area (Å²) in [7, 11) is 0. The van der Waals surface area contributed by atoms with Crippen LogP contribution >= 0.6 is 23.4 Å². The SMILES string of the molecule is C=C/C(Cl)=C(\C(C)=C/C)c1noc(C2CC2)c1C1=CC2(CCN(CSc3cc(C)ccc3C)CC2)C1. The Hall–Kier alpha value is -2.01. The van der Waals surface area contributed by atoms with Gasteiger partial charge in [0.25, 0.3) is 0 Å². The van der Waals surface area contributed by atoms with Gasteiger partial charge in [0.1, 0.15) is 11.5 Å². The van der Waals surface area contributed by atoms with E-state index in [0.717, 1.165) is 48.0 Å². The molecule has 2 aliphatic carbocycles. The first-order valence-electron chi connectivity index (χ1n) is 13.1. The summed E-state index contributed by atoms with van der Waals surface area (Å²) >= 11 is 8.62. The van der Waals surface area contributed by atoms with Crippen LogP contribution in [0.2, 0.25) is 0 Å². The van der Waals surface area contributed by atoms with Gasteiger partial charge in [-0.2, -0.15) is 0 Å². The third-order valence-electron chi connectivity index (χ3n) is 8.09. The Labute approximate surface area is 225 Å². The van der Waals surface area contributed by atoms with Gasteiger partial charge in [0, 0.05) is 32.9 Å². The summed E-state index contributed by atoms with van der Waals surface area (Å²) in [5.74, 6) is 2.62. The predicted molar refractivity (Wildman–Crippen MR) is 153 cm³/mol. The van der Waals surface area contributed by atoms with Crippen molar-refractivity contribution in [1.82, 2.24) is 10.1 Å². The van der Waals surface area contributed by atoms with Crippen molar-refractivity contribution in [3.05, 3.63) is 81.8 Å². The number of rotatable bonds is 8. The van der Waals surface area contributed by atoms with Crippen LogP contribution in [0.5, 0.6) is 0 Å². The molecule has 1 saturated heterocycles. The Morgan fingerprint density at radius 2 is 2.00 bits per heavy atom. The number of aryl methyl sites for hydroxylation is 2. The topological polar surface area (TPSA) is 29.3 Å². The summed E-state index contributed by atoms with van der Waals surface area (Å²) in [6, 6.07) is 6.75. The molecule has 3 aliphatic rings. The molecule has 1 aliphatic heterocycles. The summed E-state index contributed by atoms with van der Waals surface area (Å²) in [6.07, 6.45) is 12.2. The second-order valence-electron chi connectivity index (χ2n) is 10.8. The molecule has 1 aromatic heterocycles. The molecule has 0 radical (unpaired) electrons. The number of halogens is 1. The Kier molecular flexibility index (Phi) is 7.40. The summed E-state index contributed by atoms with van der Waals surface area (Å²) in [5, 5.41) is 5.20. The Morgan fingerprint density at radius 3 is 2.64 bits per heavy atom. The molecule has 1 spiro atoms. The molecule has 2 aromatic rings. The fourth-order valence-electron chi connectivity index (χ4n) is 5.50. The molecule has 1 saturated carbocycles. The van der Waals surface area contributed by atoms with Gasteiger partial charge in [-0.15, -0.1) is 11.8 Å². The summed E-state index contributed by atoms with van der Waals surface area (Å²) in [6.45, 7) is 14.7. The van der Waals surface area contributed by atoms with Crippen LogP contribution in [0, 0.1) is 19.3 Å². The molecular weight excluding hydrogens is 484 g/mol. The molecule has 36 heavy (non-hydrogen) atoms. The first-order chi connectivity index (χ1) is 17.3. The van der Waals surface area contributed by atoms with Crippen molar-refractivity contribution in [2.45, 2.75) is 70.6 Å². The van der Waals surface area contributed by atoms with Crippen molar-refractivity contribution in [2.24, 2.45) is 5.41 Å². The van der Waals surface area contributed by atoms with Crippen LogP contribution in [0.15, 0.2) is 63.0 Å². The number of hydrogen-bond donors (Lipinski definition) is 0. The van der Waals surface area contributed by atoms with Gasteiger partial charge in [-0.05, 0) is 101 Å². The highest BCUT2D eigenvalue weighted by molar-refractivity contribution is 7.99. The van der Waals surface area contributed by atoms with Crippen molar-refractivity contribution in [1.29, 1.82) is 0 Å². The van der Waals surface area contributed by atoms with Gasteiger partial charge in [-0.3, -0.25) is 4.90 Å². The quantitative estimate of drug-likeness (QED) is 0.256. The third kappa shape index (κ3) is 5.05. The van der Waals surface area contributed by atoms with E-state index >= 15 is 0 Å². The highest BCUT2D eigenvalue weighted by Gasteiger charge is 2.44. The molecule has 0 amide bonds. The highest BCUT2D eigenvalue weighted by Crippen LogP contribution is 2.55. The van der Waals surface area contributed by atoms with Crippen LogP contribution in [0.3, 0.4) is 0 Å². The number of likely N-dealkylation sites (tertiary alicyclic amines) is 1. The largest absolute Gasteiger partial charge is 0.360 e. The first-order valence-corrected chi connectivity index (χ1v) is 14.5. The van der Waals surface area contributed by atoms with E-state index in [1.165, 1.54) is 52.8 Å². The first kappa shape index (κ1) is 25.6. The lowest BCUT2D eigenvalue weighted by molar-refractivity contribution is 0.152. The highest BCUT2D eigenvalue weighted by atomic mass is 35.5. The van der Waals surface area contributed by atoms with Gasteiger partial charge in [0.2, 0.25) is 0 Å². The lowest BCUT2D eigenvalue weighted by atomic mass is 9.63. The number of thioether (sulfide) groups is 1. The van der Waals surface area contributed by atoms with Gasteiger partial charge >= 0.3 is 0 Å². The van der Waals surface area contributed by atoms with E-state index in [1.807, 2.05) is 18.7 Å². The van der Waals surface area contributed by atoms with E-state index < -0.39 is 0 Å². The minimum absolute atomic E-state index is 0.312. The molecule has 190 valence electrons. The van der Waals surface area contributed by atoms with Crippen LogP contribution in [-0.4, -0.2) is 29.0 Å². The van der Waals surface area contributed by atoms with E-state index in [0.29, 0.717) is 16.4 Å². The van der Waals surface area contributed by atoms with Crippen LogP contribution in [0.4, 0.5) is 0 Å². The standard InChI is InChI=1S/C31H37ClN2OS/c1-6-21(4)27(25(32)7-2)29-28(30(35-33-29)23-10-11-23)24-17-31(18-24)12-14-34(15-13-31)19-36-26-16-20(3)8-9-22(26)5/h6-9,16-17,23H,2,10-15,18-19H2,1,3-5H3/b21-6-,27-25-. The molecule has 2 heterocycles. The monoisotopic (exact) mass is 520 g/mol. The molecule has 1 aromatic carbocycles. The predicted octanol–water partition coefficient (Wildman–Crippen LogP) is 8.89. The molecule has 0 atom stereocenters. The van der Waals surface area contributed by atoms with Crippen molar-refractivity contribution in [3.63, 3.8) is 0 Å². The van der Waals surface area contributed by atoms with Crippen LogP contribution in [-0.2, 0) is 0 Å². The third-order valence-corrected chi connectivity index (χ3v) is 9.68. The number of allylic oxidation sites excluding steroid dienone is 7. The molecule has 2 fully saturated rings. The molecular formula is C31H37ClN2OS. The van der Waals surface area contributed by atoms with E-state index in [1.54, 1.807) is 6.08 Å². The minimum Gasteiger partial charge on any atom is -0.360 e. The number of aromatic nitrogens is 1. The molecule has 0 N–H and O–H groups in total. The van der Waals surface area contributed by atoms with E-state index in [9.17, 15) is 0 Å². The average molecular weight is 521 g/mol. The van der Waals surface area contributed by atoms with Gasteiger partial charge in [-0.1, -0.05) is 59.3 Å². The van der Waals surface area contributed by atoms with Gasteiger partial charge in [-0.25, -0.2) is 0 Å². The van der Waals surface area contributed by atoms with Gasteiger partial charge in [0.05, 0.1) is 0 Å². The van der Waals surface area contributed by atoms with E-state index in [4.69, 9.17) is 16.1 Å². The number of piperidine rings is 1. The zero-order chi connectivity index (χ0) is 25.4. The molecule has 0 unspecified atom stereocenters. The van der Waals surface area contributed by atoms with Crippen molar-refractivity contribution in [3.8, 4) is 0 Å². The van der Waals surface area contributed by atoms with Gasteiger partial charge < -0.3 is 4.52 Å². The normalized spacial score (nSPS) is 20.7. The fraction of sp³-hybridized carbons (Fsp3) is 0.452. The summed E-state index contributed by atoms with van der Waals surface area (Å²) in [4.78, 5) is 4.02. The maximum absolute atomic E-state index is 6.64. The van der Waals surface area contributed by atoms with Crippen LogP contribution in [0.1, 0.15) is 80.0 Å². The minimum atomic E-state index is 0.312. The number of nitrogens with zero attached hydrogens (tertiary/aromatic N) is 2. The van der Waals surface area contributed by atoms with Crippen molar-refractivity contribution >= 4 is 34.5 Å². The lowest BCUT2D eigenvalue weighted by Crippen LogP contribution is -2.42. The summed E-state index contributed by atoms with van der Waals surface area (Å²) in [5.41, 5.74) is 8.55. The Bertz CT molecular complexity index is 1260. The zero-order valence-electron chi connectivity index (χ0n) is 22.0. The zero-order valence-corrected chi connectivity index (χ0v) is 23.6. The second-order valence-corrected chi connectivity index (χ2v) is 12.2. The van der Waals surface area contributed by atoms with E-state index in [-0.39, 0.29) is 0 Å². The van der Waals surface area contributed by atoms with Crippen LogP contribution in [0.25, 0.3) is 11.1 Å². The van der Waals surface area contributed by atoms with Gasteiger partial charge in [0.15, 0.2) is 0 Å². The Balaban J connectivity index is 1.32. The summed E-state index contributed by atoms with van der Waals surface area (Å²) < 4.78 is 5.98. The van der Waals surface area contributed by atoms with Crippen molar-refractivity contribution < 1.29 is 4.52 Å². The van der Waals surface area contributed by atoms with E-state index in [2.05, 4.69) is 67.8 Å². The fourth-order valence-corrected chi connectivity index (χ4v) is 6.88. The maximum atomic E-state index is 6.64. The Morgan fingerprint density at radius 1 is 1.28 bits per heavy atom.